The van der Waals surface area contributed by atoms with E-state index in [1.54, 1.807) is 13.4 Å². The predicted octanol–water partition coefficient (Wildman–Crippen LogP) is 1.04. The Kier molecular flexibility index (Phi) is 3.08. The van der Waals surface area contributed by atoms with Crippen molar-refractivity contribution >= 4 is 17.6 Å². The summed E-state index contributed by atoms with van der Waals surface area (Å²) < 4.78 is 5.06. The van der Waals surface area contributed by atoms with Crippen molar-refractivity contribution < 1.29 is 4.74 Å². The fourth-order valence-corrected chi connectivity index (χ4v) is 2.31. The Morgan fingerprint density at radius 1 is 1.36 bits per heavy atom. The summed E-state index contributed by atoms with van der Waals surface area (Å²) in [6, 6.07) is 1.88. The highest BCUT2D eigenvalue weighted by Gasteiger charge is 2.12. The van der Waals surface area contributed by atoms with Gasteiger partial charge in [-0.1, -0.05) is 0 Å². The molecule has 0 bridgehead atoms. The number of aromatic nitrogens is 2. The maximum Gasteiger partial charge on any atom is 0.218 e. The molecular weight excluding hydrogens is 198 g/mol. The highest BCUT2D eigenvalue weighted by atomic mass is 32.2. The normalized spacial score (nSPS) is 16.8. The van der Waals surface area contributed by atoms with E-state index in [-0.39, 0.29) is 0 Å². The Labute approximate surface area is 87.7 Å². The Balaban J connectivity index is 2.13. The first-order chi connectivity index (χ1) is 6.90. The molecule has 0 amide bonds. The molecule has 1 aliphatic heterocycles. The zero-order valence-electron chi connectivity index (χ0n) is 8.14. The van der Waals surface area contributed by atoms with Crippen molar-refractivity contribution in [1.82, 2.24) is 9.97 Å². The Hall–Kier alpha value is -0.970. The van der Waals surface area contributed by atoms with Crippen molar-refractivity contribution in [3.05, 3.63) is 12.4 Å². The molecule has 0 N–H and O–H groups in total. The minimum Gasteiger partial charge on any atom is -0.481 e. The maximum atomic E-state index is 5.06. The van der Waals surface area contributed by atoms with Gasteiger partial charge < -0.3 is 9.64 Å². The molecule has 0 aliphatic carbocycles. The SMILES string of the molecule is COc1cc(N2CCSCC2)ncn1. The first-order valence-corrected chi connectivity index (χ1v) is 5.74. The molecule has 0 unspecified atom stereocenters. The number of thioether (sulfide) groups is 1. The summed E-state index contributed by atoms with van der Waals surface area (Å²) in [6.45, 7) is 2.12. The van der Waals surface area contributed by atoms with E-state index in [1.165, 1.54) is 11.5 Å². The minimum absolute atomic E-state index is 0.633. The molecule has 0 atom stereocenters. The second kappa shape index (κ2) is 4.50. The van der Waals surface area contributed by atoms with E-state index in [1.807, 2.05) is 17.8 Å². The maximum absolute atomic E-state index is 5.06. The molecule has 14 heavy (non-hydrogen) atoms. The van der Waals surface area contributed by atoms with E-state index in [2.05, 4.69) is 14.9 Å². The quantitative estimate of drug-likeness (QED) is 0.730. The summed E-state index contributed by atoms with van der Waals surface area (Å²) in [7, 11) is 1.62. The van der Waals surface area contributed by atoms with Gasteiger partial charge in [0.15, 0.2) is 0 Å². The number of ether oxygens (including phenoxy) is 1. The number of nitrogens with zero attached hydrogens (tertiary/aromatic N) is 3. The summed E-state index contributed by atoms with van der Waals surface area (Å²) >= 11 is 1.99. The molecule has 1 aromatic rings. The summed E-state index contributed by atoms with van der Waals surface area (Å²) in [5.74, 6) is 3.95. The first-order valence-electron chi connectivity index (χ1n) is 4.59. The van der Waals surface area contributed by atoms with Gasteiger partial charge >= 0.3 is 0 Å². The molecule has 1 fully saturated rings. The Morgan fingerprint density at radius 2 is 2.14 bits per heavy atom. The monoisotopic (exact) mass is 211 g/mol. The molecule has 0 aromatic carbocycles. The highest BCUT2D eigenvalue weighted by Crippen LogP contribution is 2.19. The van der Waals surface area contributed by atoms with Crippen LogP contribution in [-0.4, -0.2) is 41.7 Å². The molecule has 1 saturated heterocycles. The van der Waals surface area contributed by atoms with Gasteiger partial charge in [0.05, 0.1) is 7.11 Å². The largest absolute Gasteiger partial charge is 0.481 e. The van der Waals surface area contributed by atoms with Crippen molar-refractivity contribution in [1.29, 1.82) is 0 Å². The smallest absolute Gasteiger partial charge is 0.218 e. The van der Waals surface area contributed by atoms with Crippen molar-refractivity contribution in [2.45, 2.75) is 0 Å². The lowest BCUT2D eigenvalue weighted by molar-refractivity contribution is 0.397. The fraction of sp³-hybridized carbons (Fsp3) is 0.556. The molecule has 1 aromatic heterocycles. The van der Waals surface area contributed by atoms with Gasteiger partial charge in [0, 0.05) is 30.7 Å². The van der Waals surface area contributed by atoms with Crippen LogP contribution in [-0.2, 0) is 0 Å². The van der Waals surface area contributed by atoms with Crippen molar-refractivity contribution in [2.24, 2.45) is 0 Å². The van der Waals surface area contributed by atoms with Gasteiger partial charge in [0.25, 0.3) is 0 Å². The summed E-state index contributed by atoms with van der Waals surface area (Å²) in [5, 5.41) is 0. The third kappa shape index (κ3) is 2.09. The lowest BCUT2D eigenvalue weighted by atomic mass is 10.4. The van der Waals surface area contributed by atoms with Crippen LogP contribution >= 0.6 is 11.8 Å². The van der Waals surface area contributed by atoms with Gasteiger partial charge in [-0.15, -0.1) is 0 Å². The van der Waals surface area contributed by atoms with Crippen molar-refractivity contribution in [3.63, 3.8) is 0 Å². The van der Waals surface area contributed by atoms with Crippen LogP contribution in [0.15, 0.2) is 12.4 Å². The average Bonchev–Trinajstić information content (AvgIpc) is 2.30. The van der Waals surface area contributed by atoms with E-state index in [0.29, 0.717) is 5.88 Å². The highest BCUT2D eigenvalue weighted by molar-refractivity contribution is 7.99. The molecule has 76 valence electrons. The van der Waals surface area contributed by atoms with Gasteiger partial charge in [-0.3, -0.25) is 0 Å². The molecule has 2 rings (SSSR count). The molecule has 0 saturated carbocycles. The second-order valence-electron chi connectivity index (χ2n) is 3.02. The summed E-state index contributed by atoms with van der Waals surface area (Å²) in [6.07, 6.45) is 1.55. The molecule has 5 heteroatoms. The van der Waals surface area contributed by atoms with E-state index < -0.39 is 0 Å². The molecule has 0 radical (unpaired) electrons. The second-order valence-corrected chi connectivity index (χ2v) is 4.24. The third-order valence-electron chi connectivity index (χ3n) is 2.17. The predicted molar refractivity (Wildman–Crippen MR) is 58.1 cm³/mol. The van der Waals surface area contributed by atoms with E-state index >= 15 is 0 Å². The minimum atomic E-state index is 0.633. The Bertz CT molecular complexity index is 302. The van der Waals surface area contributed by atoms with Gasteiger partial charge in [0.2, 0.25) is 5.88 Å². The number of anilines is 1. The molecule has 1 aliphatic rings. The number of hydrogen-bond acceptors (Lipinski definition) is 5. The number of hydrogen-bond donors (Lipinski definition) is 0. The Morgan fingerprint density at radius 3 is 2.86 bits per heavy atom. The molecular formula is C9H13N3OS. The number of rotatable bonds is 2. The van der Waals surface area contributed by atoms with E-state index in [9.17, 15) is 0 Å². The van der Waals surface area contributed by atoms with Crippen molar-refractivity contribution in [3.8, 4) is 5.88 Å². The van der Waals surface area contributed by atoms with Crippen LogP contribution in [0.4, 0.5) is 5.82 Å². The lowest BCUT2D eigenvalue weighted by Gasteiger charge is -2.27. The van der Waals surface area contributed by atoms with Crippen LogP contribution in [0.25, 0.3) is 0 Å². The topological polar surface area (TPSA) is 38.2 Å². The number of methoxy groups -OCH3 is 1. The fourth-order valence-electron chi connectivity index (χ4n) is 1.41. The van der Waals surface area contributed by atoms with Crippen LogP contribution in [0.3, 0.4) is 0 Å². The third-order valence-corrected chi connectivity index (χ3v) is 3.11. The zero-order valence-corrected chi connectivity index (χ0v) is 8.96. The summed E-state index contributed by atoms with van der Waals surface area (Å²) in [4.78, 5) is 10.5. The van der Waals surface area contributed by atoms with Crippen LogP contribution in [0.1, 0.15) is 0 Å². The molecule has 2 heterocycles. The van der Waals surface area contributed by atoms with Crippen LogP contribution in [0.5, 0.6) is 5.88 Å². The van der Waals surface area contributed by atoms with Gasteiger partial charge in [-0.2, -0.15) is 11.8 Å². The molecule has 0 spiro atoms. The standard InChI is InChI=1S/C9H13N3OS/c1-13-9-6-8(10-7-11-9)12-2-4-14-5-3-12/h6-7H,2-5H2,1H3. The van der Waals surface area contributed by atoms with Gasteiger partial charge in [-0.25, -0.2) is 9.97 Å². The van der Waals surface area contributed by atoms with Crippen molar-refractivity contribution in [2.75, 3.05) is 36.6 Å². The van der Waals surface area contributed by atoms with E-state index in [4.69, 9.17) is 4.74 Å². The average molecular weight is 211 g/mol. The molecule has 4 nitrogen and oxygen atoms in total. The zero-order chi connectivity index (χ0) is 9.80. The van der Waals surface area contributed by atoms with Gasteiger partial charge in [0.1, 0.15) is 12.1 Å². The first kappa shape index (κ1) is 9.58. The van der Waals surface area contributed by atoms with Gasteiger partial charge in [-0.05, 0) is 0 Å². The van der Waals surface area contributed by atoms with Crippen LogP contribution in [0.2, 0.25) is 0 Å². The van der Waals surface area contributed by atoms with Crippen LogP contribution in [0, 0.1) is 0 Å². The lowest BCUT2D eigenvalue weighted by Crippen LogP contribution is -2.33. The van der Waals surface area contributed by atoms with E-state index in [0.717, 1.165) is 18.9 Å². The summed E-state index contributed by atoms with van der Waals surface area (Å²) in [5.41, 5.74) is 0. The van der Waals surface area contributed by atoms with Crippen LogP contribution < -0.4 is 9.64 Å².